The summed E-state index contributed by atoms with van der Waals surface area (Å²) in [4.78, 5) is 20.5. The van der Waals surface area contributed by atoms with E-state index in [9.17, 15) is 4.79 Å². The predicted molar refractivity (Wildman–Crippen MR) is 81.4 cm³/mol. The number of hydrogen-bond acceptors (Lipinski definition) is 3. The van der Waals surface area contributed by atoms with Gasteiger partial charge in [0.1, 0.15) is 10.3 Å². The van der Waals surface area contributed by atoms with E-state index in [1.165, 1.54) is 0 Å². The van der Waals surface area contributed by atoms with Gasteiger partial charge in [-0.1, -0.05) is 37.0 Å². The molecule has 0 bridgehead atoms. The third-order valence-electron chi connectivity index (χ3n) is 3.33. The van der Waals surface area contributed by atoms with Crippen molar-refractivity contribution in [3.8, 4) is 0 Å². The highest BCUT2D eigenvalue weighted by Gasteiger charge is 2.24. The zero-order valence-corrected chi connectivity index (χ0v) is 13.3. The van der Waals surface area contributed by atoms with Crippen molar-refractivity contribution in [3.05, 3.63) is 28.0 Å². The Hall–Kier alpha value is -0.840. The van der Waals surface area contributed by atoms with E-state index in [-0.39, 0.29) is 11.1 Å². The van der Waals surface area contributed by atoms with Gasteiger partial charge in [-0.2, -0.15) is 0 Å². The lowest BCUT2D eigenvalue weighted by molar-refractivity contribution is 0.0623. The molecule has 0 N–H and O–H groups in total. The molecule has 6 heteroatoms. The van der Waals surface area contributed by atoms with Gasteiger partial charge < -0.3 is 4.90 Å². The lowest BCUT2D eigenvalue weighted by Gasteiger charge is -2.35. The molecule has 1 aromatic heterocycles. The van der Waals surface area contributed by atoms with Gasteiger partial charge in [0.15, 0.2) is 0 Å². The number of carbonyl (C=O) groups is 1. The first-order chi connectivity index (χ1) is 9.47. The second-order valence-electron chi connectivity index (χ2n) is 5.46. The number of carbonyl (C=O) groups excluding carboxylic acids is 1. The van der Waals surface area contributed by atoms with Crippen molar-refractivity contribution >= 4 is 29.1 Å². The summed E-state index contributed by atoms with van der Waals surface area (Å²) in [6, 6.07) is 3.23. The van der Waals surface area contributed by atoms with E-state index in [2.05, 4.69) is 23.7 Å². The number of hydrogen-bond donors (Lipinski definition) is 0. The van der Waals surface area contributed by atoms with Crippen molar-refractivity contribution < 1.29 is 4.79 Å². The van der Waals surface area contributed by atoms with Crippen LogP contribution in [0, 0.1) is 5.92 Å². The molecule has 4 nitrogen and oxygen atoms in total. The Bertz CT molecular complexity index is 485. The van der Waals surface area contributed by atoms with Crippen LogP contribution in [0.15, 0.2) is 12.1 Å². The SMILES string of the molecule is CC(C)CN1CCN(C(=O)c2ccc(Cl)nc2Cl)CC1. The number of rotatable bonds is 3. The molecule has 0 atom stereocenters. The van der Waals surface area contributed by atoms with Gasteiger partial charge in [0.25, 0.3) is 5.91 Å². The number of pyridine rings is 1. The van der Waals surface area contributed by atoms with Crippen LogP contribution in [0.4, 0.5) is 0 Å². The number of aromatic nitrogens is 1. The topological polar surface area (TPSA) is 36.4 Å². The maximum absolute atomic E-state index is 12.4. The molecule has 0 unspecified atom stereocenters. The van der Waals surface area contributed by atoms with Crippen molar-refractivity contribution in [1.82, 2.24) is 14.8 Å². The molecule has 2 heterocycles. The summed E-state index contributed by atoms with van der Waals surface area (Å²) in [6.45, 7) is 8.75. The Labute approximate surface area is 129 Å². The average Bonchev–Trinajstić information content (AvgIpc) is 2.38. The molecular weight excluding hydrogens is 297 g/mol. The molecule has 1 amide bonds. The molecule has 1 fully saturated rings. The van der Waals surface area contributed by atoms with Gasteiger partial charge in [0.05, 0.1) is 5.56 Å². The standard InChI is InChI=1S/C14H19Cl2N3O/c1-10(2)9-18-5-7-19(8-6-18)14(20)11-3-4-12(15)17-13(11)16/h3-4,10H,5-9H2,1-2H3. The summed E-state index contributed by atoms with van der Waals surface area (Å²) in [7, 11) is 0. The molecule has 1 aliphatic heterocycles. The van der Waals surface area contributed by atoms with Gasteiger partial charge in [0.2, 0.25) is 0 Å². The van der Waals surface area contributed by atoms with E-state index in [1.807, 2.05) is 4.90 Å². The van der Waals surface area contributed by atoms with E-state index in [4.69, 9.17) is 23.2 Å². The van der Waals surface area contributed by atoms with E-state index in [0.29, 0.717) is 16.6 Å². The largest absolute Gasteiger partial charge is 0.336 e. The minimum absolute atomic E-state index is 0.0663. The van der Waals surface area contributed by atoms with E-state index in [0.717, 1.165) is 32.7 Å². The maximum atomic E-state index is 12.4. The Morgan fingerprint density at radius 2 is 1.90 bits per heavy atom. The number of nitrogens with zero attached hydrogens (tertiary/aromatic N) is 3. The van der Waals surface area contributed by atoms with E-state index in [1.54, 1.807) is 12.1 Å². The summed E-state index contributed by atoms with van der Waals surface area (Å²) < 4.78 is 0. The minimum atomic E-state index is -0.0663. The molecule has 0 aliphatic carbocycles. The second-order valence-corrected chi connectivity index (χ2v) is 6.20. The fourth-order valence-corrected chi connectivity index (χ4v) is 2.82. The highest BCUT2D eigenvalue weighted by Crippen LogP contribution is 2.19. The van der Waals surface area contributed by atoms with Crippen LogP contribution in [0.1, 0.15) is 24.2 Å². The predicted octanol–water partition coefficient (Wildman–Crippen LogP) is 2.80. The highest BCUT2D eigenvalue weighted by atomic mass is 35.5. The third-order valence-corrected chi connectivity index (χ3v) is 3.83. The Kier molecular flexibility index (Phi) is 5.24. The molecule has 110 valence electrons. The number of amides is 1. The van der Waals surface area contributed by atoms with Crippen LogP contribution in [0.5, 0.6) is 0 Å². The third kappa shape index (κ3) is 3.84. The smallest absolute Gasteiger partial charge is 0.257 e. The zero-order valence-electron chi connectivity index (χ0n) is 11.8. The highest BCUT2D eigenvalue weighted by molar-refractivity contribution is 6.34. The van der Waals surface area contributed by atoms with Gasteiger partial charge in [-0.25, -0.2) is 4.98 Å². The molecule has 1 aromatic rings. The fourth-order valence-electron chi connectivity index (χ4n) is 2.39. The van der Waals surface area contributed by atoms with Crippen molar-refractivity contribution in [2.45, 2.75) is 13.8 Å². The Morgan fingerprint density at radius 1 is 1.25 bits per heavy atom. The molecule has 0 spiro atoms. The Morgan fingerprint density at radius 3 is 2.45 bits per heavy atom. The maximum Gasteiger partial charge on any atom is 0.257 e. The molecule has 1 aliphatic rings. The van der Waals surface area contributed by atoms with Crippen LogP contribution in [0.2, 0.25) is 10.3 Å². The molecule has 0 aromatic carbocycles. The van der Waals surface area contributed by atoms with Crippen LogP contribution >= 0.6 is 23.2 Å². The van der Waals surface area contributed by atoms with Crippen molar-refractivity contribution in [3.63, 3.8) is 0 Å². The second kappa shape index (κ2) is 6.74. The monoisotopic (exact) mass is 315 g/mol. The molecule has 0 radical (unpaired) electrons. The zero-order chi connectivity index (χ0) is 14.7. The summed E-state index contributed by atoms with van der Waals surface area (Å²) >= 11 is 11.7. The molecule has 0 saturated carbocycles. The number of halogens is 2. The first kappa shape index (κ1) is 15.5. The van der Waals surface area contributed by atoms with Crippen molar-refractivity contribution in [2.75, 3.05) is 32.7 Å². The molecule has 20 heavy (non-hydrogen) atoms. The molecule has 2 rings (SSSR count). The molecule has 1 saturated heterocycles. The van der Waals surface area contributed by atoms with Crippen LogP contribution in [0.25, 0.3) is 0 Å². The summed E-state index contributed by atoms with van der Waals surface area (Å²) in [6.07, 6.45) is 0. The quantitative estimate of drug-likeness (QED) is 0.805. The summed E-state index contributed by atoms with van der Waals surface area (Å²) in [5, 5.41) is 0.473. The lowest BCUT2D eigenvalue weighted by atomic mass is 10.1. The van der Waals surface area contributed by atoms with E-state index < -0.39 is 0 Å². The van der Waals surface area contributed by atoms with E-state index >= 15 is 0 Å². The van der Waals surface area contributed by atoms with Gasteiger partial charge in [0, 0.05) is 32.7 Å². The lowest BCUT2D eigenvalue weighted by Crippen LogP contribution is -2.49. The molecular formula is C14H19Cl2N3O. The Balaban J connectivity index is 1.98. The van der Waals surface area contributed by atoms with Crippen molar-refractivity contribution in [1.29, 1.82) is 0 Å². The summed E-state index contributed by atoms with van der Waals surface area (Å²) in [5.41, 5.74) is 0.424. The first-order valence-electron chi connectivity index (χ1n) is 6.81. The van der Waals surface area contributed by atoms with Gasteiger partial charge in [-0.3, -0.25) is 9.69 Å². The fraction of sp³-hybridized carbons (Fsp3) is 0.571. The van der Waals surface area contributed by atoms with Crippen LogP contribution in [-0.4, -0.2) is 53.4 Å². The van der Waals surface area contributed by atoms with Gasteiger partial charge >= 0.3 is 0 Å². The average molecular weight is 316 g/mol. The number of piperazine rings is 1. The van der Waals surface area contributed by atoms with Crippen LogP contribution in [0.3, 0.4) is 0 Å². The van der Waals surface area contributed by atoms with Crippen LogP contribution < -0.4 is 0 Å². The first-order valence-corrected chi connectivity index (χ1v) is 7.56. The minimum Gasteiger partial charge on any atom is -0.336 e. The van der Waals surface area contributed by atoms with Gasteiger partial charge in [-0.15, -0.1) is 0 Å². The van der Waals surface area contributed by atoms with Gasteiger partial charge in [-0.05, 0) is 18.1 Å². The normalized spacial score (nSPS) is 16.8. The summed E-state index contributed by atoms with van der Waals surface area (Å²) in [5.74, 6) is 0.579. The van der Waals surface area contributed by atoms with Crippen molar-refractivity contribution in [2.24, 2.45) is 5.92 Å². The van der Waals surface area contributed by atoms with Crippen LogP contribution in [-0.2, 0) is 0 Å².